The van der Waals surface area contributed by atoms with Crippen LogP contribution in [0.5, 0.6) is 0 Å². The van der Waals surface area contributed by atoms with Crippen LogP contribution in [0.1, 0.15) is 16.8 Å². The van der Waals surface area contributed by atoms with E-state index >= 15 is 0 Å². The van der Waals surface area contributed by atoms with Gasteiger partial charge < -0.3 is 9.64 Å². The molecule has 0 radical (unpaired) electrons. The van der Waals surface area contributed by atoms with Crippen molar-refractivity contribution in [3.8, 4) is 0 Å². The maximum absolute atomic E-state index is 13.9. The number of nitrogens with zero attached hydrogens (tertiary/aromatic N) is 1. The number of ether oxygens (including phenoxy) is 1. The van der Waals surface area contributed by atoms with E-state index in [-0.39, 0.29) is 6.54 Å². The Morgan fingerprint density at radius 2 is 2.00 bits per heavy atom. The van der Waals surface area contributed by atoms with Gasteiger partial charge in [-0.2, -0.15) is 0 Å². The third-order valence-electron chi connectivity index (χ3n) is 3.22. The summed E-state index contributed by atoms with van der Waals surface area (Å²) >= 11 is 0. The highest BCUT2D eigenvalue weighted by atomic mass is 35.7. The molecule has 0 spiro atoms. The minimum Gasteiger partial charge on any atom is -0.465 e. The highest BCUT2D eigenvalue weighted by Gasteiger charge is 2.39. The molecule has 0 bridgehead atoms. The van der Waals surface area contributed by atoms with E-state index in [1.165, 1.54) is 0 Å². The zero-order valence-electron chi connectivity index (χ0n) is 11.2. The Morgan fingerprint density at radius 1 is 1.36 bits per heavy atom. The summed E-state index contributed by atoms with van der Waals surface area (Å²) in [6.07, 6.45) is -0.420. The average Bonchev–Trinajstić information content (AvgIpc) is 2.80. The van der Waals surface area contributed by atoms with Gasteiger partial charge in [-0.3, -0.25) is 4.79 Å². The molecule has 0 N–H and O–H groups in total. The third-order valence-corrected chi connectivity index (χ3v) is 5.09. The number of hydrogen-bond acceptors (Lipinski definition) is 5. The van der Waals surface area contributed by atoms with Crippen molar-refractivity contribution in [2.75, 3.05) is 18.6 Å². The van der Waals surface area contributed by atoms with Gasteiger partial charge in [-0.15, -0.1) is 0 Å². The van der Waals surface area contributed by atoms with Crippen LogP contribution >= 0.6 is 10.7 Å². The fourth-order valence-electron chi connectivity index (χ4n) is 2.11. The van der Waals surface area contributed by atoms with E-state index in [0.717, 1.165) is 18.1 Å². The van der Waals surface area contributed by atoms with Crippen LogP contribution in [0, 0.1) is 11.6 Å². The van der Waals surface area contributed by atoms with Crippen LogP contribution in [-0.2, 0) is 18.6 Å². The van der Waals surface area contributed by atoms with Crippen LogP contribution in [0.2, 0.25) is 0 Å². The standard InChI is InChI=1S/C12H10ClF2NO5S/c1-21-12(18)7-3-10(9(15)4-8(7)14)16-5-6(2-11(16)17)22(13,19)20/h3-4,6H,2,5H2,1H3. The van der Waals surface area contributed by atoms with Crippen molar-refractivity contribution in [3.05, 3.63) is 29.3 Å². The molecule has 1 aliphatic heterocycles. The van der Waals surface area contributed by atoms with Crippen LogP contribution < -0.4 is 4.90 Å². The monoisotopic (exact) mass is 353 g/mol. The summed E-state index contributed by atoms with van der Waals surface area (Å²) in [6.45, 7) is -0.381. The molecule has 1 saturated heterocycles. The van der Waals surface area contributed by atoms with Crippen LogP contribution in [0.25, 0.3) is 0 Å². The molecular weight excluding hydrogens is 344 g/mol. The van der Waals surface area contributed by atoms with Crippen molar-refractivity contribution >= 4 is 37.3 Å². The van der Waals surface area contributed by atoms with E-state index in [4.69, 9.17) is 10.7 Å². The number of carbonyl (C=O) groups is 2. The lowest BCUT2D eigenvalue weighted by molar-refractivity contribution is -0.117. The molecule has 1 heterocycles. The van der Waals surface area contributed by atoms with Gasteiger partial charge in [-0.05, 0) is 6.07 Å². The molecule has 0 aromatic heterocycles. The summed E-state index contributed by atoms with van der Waals surface area (Å²) in [5.74, 6) is -4.00. The molecule has 1 amide bonds. The summed E-state index contributed by atoms with van der Waals surface area (Å²) in [6, 6.07) is 1.23. The van der Waals surface area contributed by atoms with E-state index in [0.29, 0.717) is 6.07 Å². The highest BCUT2D eigenvalue weighted by Crippen LogP contribution is 2.30. The lowest BCUT2D eigenvalue weighted by Gasteiger charge is -2.18. The van der Waals surface area contributed by atoms with E-state index in [2.05, 4.69) is 4.74 Å². The van der Waals surface area contributed by atoms with E-state index in [1.807, 2.05) is 0 Å². The van der Waals surface area contributed by atoms with Gasteiger partial charge in [-0.25, -0.2) is 22.0 Å². The van der Waals surface area contributed by atoms with Crippen molar-refractivity contribution < 1.29 is 31.5 Å². The Kier molecular flexibility index (Phi) is 4.39. The van der Waals surface area contributed by atoms with Gasteiger partial charge >= 0.3 is 5.97 Å². The topological polar surface area (TPSA) is 80.8 Å². The molecule has 6 nitrogen and oxygen atoms in total. The number of rotatable bonds is 3. The Balaban J connectivity index is 2.45. The molecule has 22 heavy (non-hydrogen) atoms. The van der Waals surface area contributed by atoms with Crippen LogP contribution in [0.4, 0.5) is 14.5 Å². The predicted molar refractivity (Wildman–Crippen MR) is 73.2 cm³/mol. The number of carbonyl (C=O) groups excluding carboxylic acids is 2. The quantitative estimate of drug-likeness (QED) is 0.606. The molecule has 1 fully saturated rings. The molecule has 1 aliphatic rings. The van der Waals surface area contributed by atoms with Crippen LogP contribution in [-0.4, -0.2) is 39.2 Å². The zero-order valence-corrected chi connectivity index (χ0v) is 12.7. The maximum atomic E-state index is 13.9. The van der Waals surface area contributed by atoms with Crippen LogP contribution in [0.15, 0.2) is 12.1 Å². The minimum atomic E-state index is -4.01. The molecule has 1 aromatic rings. The summed E-state index contributed by atoms with van der Waals surface area (Å²) in [5, 5.41) is -1.20. The average molecular weight is 354 g/mol. The summed E-state index contributed by atoms with van der Waals surface area (Å²) in [7, 11) is 2.20. The first-order chi connectivity index (χ1) is 10.1. The van der Waals surface area contributed by atoms with E-state index in [9.17, 15) is 26.8 Å². The fraction of sp³-hybridized carbons (Fsp3) is 0.333. The molecule has 1 atom stereocenters. The first-order valence-electron chi connectivity index (χ1n) is 5.96. The number of esters is 1. The van der Waals surface area contributed by atoms with E-state index < -0.39 is 55.5 Å². The largest absolute Gasteiger partial charge is 0.465 e. The second-order valence-corrected chi connectivity index (χ2v) is 7.49. The second-order valence-electron chi connectivity index (χ2n) is 4.58. The van der Waals surface area contributed by atoms with Crippen molar-refractivity contribution in [2.24, 2.45) is 0 Å². The molecule has 10 heteroatoms. The Labute approximate surface area is 129 Å². The van der Waals surface area contributed by atoms with Gasteiger partial charge in [0.2, 0.25) is 15.0 Å². The van der Waals surface area contributed by atoms with Crippen LogP contribution in [0.3, 0.4) is 0 Å². The highest BCUT2D eigenvalue weighted by molar-refractivity contribution is 8.14. The number of halogens is 3. The number of benzene rings is 1. The molecule has 2 rings (SSSR count). The molecule has 1 unspecified atom stereocenters. The smallest absolute Gasteiger partial charge is 0.340 e. The Hall–Kier alpha value is -1.74. The summed E-state index contributed by atoms with van der Waals surface area (Å²) in [4.78, 5) is 24.1. The third kappa shape index (κ3) is 3.05. The zero-order chi connectivity index (χ0) is 16.7. The molecular formula is C12H10ClF2NO5S. The van der Waals surface area contributed by atoms with Gasteiger partial charge in [0.15, 0.2) is 0 Å². The summed E-state index contributed by atoms with van der Waals surface area (Å²) < 4.78 is 54.3. The number of methoxy groups -OCH3 is 1. The van der Waals surface area contributed by atoms with Gasteiger partial charge in [-0.1, -0.05) is 0 Å². The van der Waals surface area contributed by atoms with Crippen molar-refractivity contribution in [2.45, 2.75) is 11.7 Å². The second kappa shape index (κ2) is 5.81. The number of hydrogen-bond donors (Lipinski definition) is 0. The minimum absolute atomic E-state index is 0.381. The molecule has 0 saturated carbocycles. The van der Waals surface area contributed by atoms with Gasteiger partial charge in [0.25, 0.3) is 0 Å². The molecule has 0 aliphatic carbocycles. The normalized spacial score (nSPS) is 18.6. The number of anilines is 1. The molecule has 120 valence electrons. The predicted octanol–water partition coefficient (Wildman–Crippen LogP) is 1.43. The summed E-state index contributed by atoms with van der Waals surface area (Å²) in [5.41, 5.74) is -0.974. The lowest BCUT2D eigenvalue weighted by Crippen LogP contribution is -2.28. The van der Waals surface area contributed by atoms with E-state index in [1.54, 1.807) is 0 Å². The number of amides is 1. The molecule has 1 aromatic carbocycles. The fourth-order valence-corrected chi connectivity index (χ4v) is 3.13. The van der Waals surface area contributed by atoms with Gasteiger partial charge in [0.05, 0.1) is 18.4 Å². The first-order valence-corrected chi connectivity index (χ1v) is 8.33. The van der Waals surface area contributed by atoms with Crippen molar-refractivity contribution in [1.29, 1.82) is 0 Å². The van der Waals surface area contributed by atoms with Gasteiger partial charge in [0, 0.05) is 29.7 Å². The Morgan fingerprint density at radius 3 is 2.50 bits per heavy atom. The van der Waals surface area contributed by atoms with Crippen molar-refractivity contribution in [3.63, 3.8) is 0 Å². The first kappa shape index (κ1) is 16.6. The Bertz CT molecular complexity index is 752. The van der Waals surface area contributed by atoms with Crippen molar-refractivity contribution in [1.82, 2.24) is 0 Å². The maximum Gasteiger partial charge on any atom is 0.340 e. The lowest BCUT2D eigenvalue weighted by atomic mass is 10.1. The SMILES string of the molecule is COC(=O)c1cc(N2CC(S(=O)(=O)Cl)CC2=O)c(F)cc1F. The van der Waals surface area contributed by atoms with Gasteiger partial charge in [0.1, 0.15) is 16.9 Å².